The van der Waals surface area contributed by atoms with Crippen LogP contribution in [0.15, 0.2) is 28.3 Å². The minimum absolute atomic E-state index is 0.0585. The molecule has 1 aromatic heterocycles. The molecule has 5 aliphatic rings. The lowest BCUT2D eigenvalue weighted by molar-refractivity contribution is -0.149. The number of amidine groups is 1. The first-order valence-corrected chi connectivity index (χ1v) is 13.8. The highest BCUT2D eigenvalue weighted by atomic mass is 16.2. The molecular formula is C27H36N8O3. The summed E-state index contributed by atoms with van der Waals surface area (Å²) in [5.74, 6) is 0.786. The second-order valence-corrected chi connectivity index (χ2v) is 11.5. The fourth-order valence-corrected chi connectivity index (χ4v) is 6.65. The standard InChI is InChI=1S/C27H36N8O3/c1-33(2)20-9-12-34(16-20)23(36)21-8-7-18(15-29-21)31-26-30-14-17-13-27(10-11-28-24(27)37)25(38)35(22(17)32-26)19-5-3-4-6-19/h7-8,15,17,19-20H,3-6,9-14,16H2,1-2H3,(H,28,37)(H,30,31)/t17?,20-,27?/m0/s1. The summed E-state index contributed by atoms with van der Waals surface area (Å²) in [6.07, 6.45) is 7.60. The van der Waals surface area contributed by atoms with Gasteiger partial charge in [-0.25, -0.2) is 4.98 Å². The summed E-state index contributed by atoms with van der Waals surface area (Å²) in [4.78, 5) is 59.3. The number of aromatic nitrogens is 1. The topological polar surface area (TPSA) is 123 Å². The van der Waals surface area contributed by atoms with Crippen LogP contribution in [0.5, 0.6) is 0 Å². The van der Waals surface area contributed by atoms with Crippen molar-refractivity contribution in [2.75, 3.05) is 45.6 Å². The van der Waals surface area contributed by atoms with Crippen LogP contribution < -0.4 is 10.6 Å². The minimum atomic E-state index is -0.985. The predicted octanol–water partition coefficient (Wildman–Crippen LogP) is 1.34. The normalized spacial score (nSPS) is 29.6. The number of anilines is 1. The van der Waals surface area contributed by atoms with Gasteiger partial charge < -0.3 is 20.4 Å². The molecule has 4 fully saturated rings. The van der Waals surface area contributed by atoms with E-state index in [9.17, 15) is 14.4 Å². The molecule has 38 heavy (non-hydrogen) atoms. The Morgan fingerprint density at radius 2 is 2.00 bits per heavy atom. The molecular weight excluding hydrogens is 484 g/mol. The van der Waals surface area contributed by atoms with Crippen molar-refractivity contribution in [3.63, 3.8) is 0 Å². The SMILES string of the molecule is CN(C)[C@H]1CCN(C(=O)c2ccc(NC3=NCC4CC5(CCNC5=O)C(=O)N(C5CCCC5)C4=N3)cn2)C1. The highest BCUT2D eigenvalue weighted by Crippen LogP contribution is 2.44. The van der Waals surface area contributed by atoms with E-state index in [1.54, 1.807) is 12.3 Å². The van der Waals surface area contributed by atoms with Crippen LogP contribution in [-0.2, 0) is 9.59 Å². The van der Waals surface area contributed by atoms with Gasteiger partial charge in [-0.15, -0.1) is 0 Å². The maximum absolute atomic E-state index is 13.8. The third kappa shape index (κ3) is 4.26. The summed E-state index contributed by atoms with van der Waals surface area (Å²) < 4.78 is 0. The van der Waals surface area contributed by atoms with Crippen molar-refractivity contribution in [2.24, 2.45) is 21.3 Å². The Kier molecular flexibility index (Phi) is 6.41. The van der Waals surface area contributed by atoms with Crippen molar-refractivity contribution in [3.8, 4) is 0 Å². The van der Waals surface area contributed by atoms with Crippen LogP contribution in [-0.4, -0.2) is 102 Å². The molecule has 3 atom stereocenters. The van der Waals surface area contributed by atoms with E-state index < -0.39 is 5.41 Å². The van der Waals surface area contributed by atoms with Gasteiger partial charge in [0, 0.05) is 37.6 Å². The molecule has 202 valence electrons. The lowest BCUT2D eigenvalue weighted by Gasteiger charge is -2.45. The summed E-state index contributed by atoms with van der Waals surface area (Å²) in [6.45, 7) is 2.46. The lowest BCUT2D eigenvalue weighted by atomic mass is 9.72. The van der Waals surface area contributed by atoms with Gasteiger partial charge in [-0.1, -0.05) is 12.8 Å². The fraction of sp³-hybridized carbons (Fsp3) is 0.630. The molecule has 1 aliphatic carbocycles. The Morgan fingerprint density at radius 1 is 1.18 bits per heavy atom. The molecule has 0 radical (unpaired) electrons. The van der Waals surface area contributed by atoms with Crippen LogP contribution in [0.2, 0.25) is 0 Å². The van der Waals surface area contributed by atoms with Crippen molar-refractivity contribution >= 4 is 35.2 Å². The van der Waals surface area contributed by atoms with Gasteiger partial charge >= 0.3 is 0 Å². The molecule has 0 aromatic carbocycles. The molecule has 1 aromatic rings. The number of carbonyl (C=O) groups excluding carboxylic acids is 3. The Balaban J connectivity index is 1.18. The van der Waals surface area contributed by atoms with Crippen molar-refractivity contribution < 1.29 is 14.4 Å². The van der Waals surface area contributed by atoms with E-state index in [2.05, 4.69) is 25.5 Å². The third-order valence-electron chi connectivity index (χ3n) is 8.90. The second-order valence-electron chi connectivity index (χ2n) is 11.5. The molecule has 11 heteroatoms. The van der Waals surface area contributed by atoms with E-state index in [0.29, 0.717) is 55.9 Å². The number of carbonyl (C=O) groups is 3. The number of likely N-dealkylation sites (N-methyl/N-ethyl adjacent to an activating group) is 1. The van der Waals surface area contributed by atoms with E-state index in [1.165, 1.54) is 0 Å². The van der Waals surface area contributed by atoms with Crippen LogP contribution in [0.4, 0.5) is 5.69 Å². The number of amides is 3. The molecule has 6 rings (SSSR count). The van der Waals surface area contributed by atoms with Crippen LogP contribution in [0, 0.1) is 11.3 Å². The molecule has 1 saturated carbocycles. The molecule has 11 nitrogen and oxygen atoms in total. The number of pyridine rings is 1. The molecule has 4 aliphatic heterocycles. The zero-order valence-electron chi connectivity index (χ0n) is 22.2. The molecule has 3 amide bonds. The van der Waals surface area contributed by atoms with Gasteiger partial charge in [0.2, 0.25) is 17.8 Å². The average molecular weight is 521 g/mol. The molecule has 1 spiro atoms. The van der Waals surface area contributed by atoms with Gasteiger partial charge in [0.15, 0.2) is 0 Å². The van der Waals surface area contributed by atoms with E-state index >= 15 is 0 Å². The summed E-state index contributed by atoms with van der Waals surface area (Å²) in [6, 6.07) is 4.00. The van der Waals surface area contributed by atoms with Gasteiger partial charge in [0.25, 0.3) is 5.91 Å². The Bertz CT molecular complexity index is 1190. The molecule has 2 unspecified atom stereocenters. The summed E-state index contributed by atoms with van der Waals surface area (Å²) >= 11 is 0. The van der Waals surface area contributed by atoms with Crippen molar-refractivity contribution in [2.45, 2.75) is 57.0 Å². The first kappa shape index (κ1) is 25.0. The maximum Gasteiger partial charge on any atom is 0.272 e. The first-order chi connectivity index (χ1) is 18.4. The third-order valence-corrected chi connectivity index (χ3v) is 8.90. The second kappa shape index (κ2) is 9.76. The van der Waals surface area contributed by atoms with Gasteiger partial charge in [-0.2, -0.15) is 4.99 Å². The molecule has 3 saturated heterocycles. The van der Waals surface area contributed by atoms with Crippen molar-refractivity contribution in [1.82, 2.24) is 25.0 Å². The monoisotopic (exact) mass is 520 g/mol. The Hall–Kier alpha value is -3.34. The predicted molar refractivity (Wildman–Crippen MR) is 143 cm³/mol. The van der Waals surface area contributed by atoms with Crippen LogP contribution in [0.3, 0.4) is 0 Å². The summed E-state index contributed by atoms with van der Waals surface area (Å²) in [5, 5.41) is 6.10. The number of hydrogen-bond donors (Lipinski definition) is 2. The van der Waals surface area contributed by atoms with Gasteiger partial charge in [-0.3, -0.25) is 24.3 Å². The number of nitrogens with one attached hydrogen (secondary N) is 2. The highest BCUT2D eigenvalue weighted by molar-refractivity contribution is 6.18. The number of aliphatic imine (C=N–C) groups is 2. The summed E-state index contributed by atoms with van der Waals surface area (Å²) in [7, 11) is 4.08. The van der Waals surface area contributed by atoms with Crippen LogP contribution in [0.25, 0.3) is 0 Å². The van der Waals surface area contributed by atoms with Gasteiger partial charge in [-0.05, 0) is 58.3 Å². The average Bonchev–Trinajstić information content (AvgIpc) is 3.68. The van der Waals surface area contributed by atoms with E-state index in [-0.39, 0.29) is 29.7 Å². The van der Waals surface area contributed by atoms with Crippen molar-refractivity contribution in [1.29, 1.82) is 0 Å². The number of piperidine rings is 1. The summed E-state index contributed by atoms with van der Waals surface area (Å²) in [5.41, 5.74) is 0.107. The van der Waals surface area contributed by atoms with E-state index in [0.717, 1.165) is 44.5 Å². The van der Waals surface area contributed by atoms with Gasteiger partial charge in [0.1, 0.15) is 16.9 Å². The largest absolute Gasteiger partial charge is 0.355 e. The zero-order chi connectivity index (χ0) is 26.4. The number of fused-ring (bicyclic) bond motifs is 1. The Morgan fingerprint density at radius 3 is 2.66 bits per heavy atom. The smallest absolute Gasteiger partial charge is 0.272 e. The van der Waals surface area contributed by atoms with Crippen LogP contribution >= 0.6 is 0 Å². The van der Waals surface area contributed by atoms with E-state index in [4.69, 9.17) is 4.99 Å². The molecule has 5 heterocycles. The molecule has 2 N–H and O–H groups in total. The fourth-order valence-electron chi connectivity index (χ4n) is 6.65. The number of rotatable bonds is 4. The van der Waals surface area contributed by atoms with Gasteiger partial charge in [0.05, 0.1) is 18.4 Å². The lowest BCUT2D eigenvalue weighted by Crippen LogP contribution is -2.61. The first-order valence-electron chi connectivity index (χ1n) is 13.8. The van der Waals surface area contributed by atoms with Crippen LogP contribution in [0.1, 0.15) is 55.4 Å². The number of likely N-dealkylation sites (tertiary alicyclic amines) is 2. The number of hydrogen-bond acceptors (Lipinski definition) is 8. The highest BCUT2D eigenvalue weighted by Gasteiger charge is 2.58. The Labute approximate surface area is 222 Å². The number of nitrogens with zero attached hydrogens (tertiary/aromatic N) is 6. The molecule has 0 bridgehead atoms. The maximum atomic E-state index is 13.8. The zero-order valence-corrected chi connectivity index (χ0v) is 22.2. The minimum Gasteiger partial charge on any atom is -0.355 e. The van der Waals surface area contributed by atoms with E-state index in [1.807, 2.05) is 30.0 Å². The number of guanidine groups is 1. The quantitative estimate of drug-likeness (QED) is 0.578. The van der Waals surface area contributed by atoms with Crippen molar-refractivity contribution in [3.05, 3.63) is 24.0 Å².